The van der Waals surface area contributed by atoms with Crippen LogP contribution >= 0.6 is 0 Å². The van der Waals surface area contributed by atoms with Crippen LogP contribution in [0.5, 0.6) is 0 Å². The molecule has 20 heavy (non-hydrogen) atoms. The first-order valence-electron chi connectivity index (χ1n) is 5.31. The lowest BCUT2D eigenvalue weighted by molar-refractivity contribution is 0.381. The highest BCUT2D eigenvalue weighted by Crippen LogP contribution is 2.30. The minimum Gasteiger partial charge on any atom is -0.256 e. The summed E-state index contributed by atoms with van der Waals surface area (Å²) in [6.07, 6.45) is 1.05. The summed E-state index contributed by atoms with van der Waals surface area (Å²) in [6.45, 7) is 0. The van der Waals surface area contributed by atoms with Crippen LogP contribution in [0.1, 0.15) is 5.56 Å². The molecule has 0 saturated heterocycles. The second-order valence-corrected chi connectivity index (χ2v) is 3.83. The molecular weight excluding hydrogens is 279 g/mol. The van der Waals surface area contributed by atoms with Gasteiger partial charge in [-0.15, -0.1) is 0 Å². The van der Waals surface area contributed by atoms with E-state index in [1.165, 1.54) is 6.07 Å². The van der Waals surface area contributed by atoms with Crippen molar-refractivity contribution in [3.8, 4) is 17.3 Å². The number of benzene rings is 1. The summed E-state index contributed by atoms with van der Waals surface area (Å²) >= 11 is 0. The van der Waals surface area contributed by atoms with E-state index in [9.17, 15) is 22.0 Å². The summed E-state index contributed by atoms with van der Waals surface area (Å²) < 4.78 is 66.3. The zero-order valence-corrected chi connectivity index (χ0v) is 9.72. The Hall–Kier alpha value is -2.49. The summed E-state index contributed by atoms with van der Waals surface area (Å²) in [5.74, 6) is -10.2. The number of halogens is 5. The smallest absolute Gasteiger partial charge is 0.200 e. The van der Waals surface area contributed by atoms with Gasteiger partial charge in [0.25, 0.3) is 0 Å². The average Bonchev–Trinajstić information content (AvgIpc) is 2.44. The van der Waals surface area contributed by atoms with E-state index in [1.807, 2.05) is 0 Å². The maximum Gasteiger partial charge on any atom is 0.200 e. The van der Waals surface area contributed by atoms with Crippen molar-refractivity contribution < 1.29 is 22.0 Å². The maximum atomic E-state index is 13.6. The third-order valence-electron chi connectivity index (χ3n) is 2.57. The van der Waals surface area contributed by atoms with Gasteiger partial charge in [0.05, 0.1) is 23.7 Å². The largest absolute Gasteiger partial charge is 0.256 e. The number of pyridine rings is 1. The molecule has 2 nitrogen and oxygen atoms in total. The SMILES string of the molecule is N#CCc1ccnc(-c2c(F)c(F)c(F)c(F)c2F)c1. The van der Waals surface area contributed by atoms with Gasteiger partial charge in [0.1, 0.15) is 0 Å². The molecule has 0 spiro atoms. The standard InChI is InChI=1S/C13H5F5N2/c14-9-8(10(15)12(17)13(18)11(9)16)7-5-6(1-3-19)2-4-20-7/h2,4-5H,1H2. The second-order valence-electron chi connectivity index (χ2n) is 3.83. The van der Waals surface area contributed by atoms with Crippen LogP contribution in [0.15, 0.2) is 18.3 Å². The summed E-state index contributed by atoms with van der Waals surface area (Å²) in [5.41, 5.74) is -1.19. The molecule has 2 rings (SSSR count). The number of hydrogen-bond donors (Lipinski definition) is 0. The highest BCUT2D eigenvalue weighted by atomic mass is 19.2. The first-order valence-corrected chi connectivity index (χ1v) is 5.31. The molecular formula is C13H5F5N2. The van der Waals surface area contributed by atoms with Crippen LogP contribution in [-0.4, -0.2) is 4.98 Å². The molecule has 2 aromatic rings. The lowest BCUT2D eigenvalue weighted by Crippen LogP contribution is -2.05. The molecule has 0 N–H and O–H groups in total. The van der Waals surface area contributed by atoms with Gasteiger partial charge in [-0.2, -0.15) is 5.26 Å². The molecule has 1 heterocycles. The highest BCUT2D eigenvalue weighted by molar-refractivity contribution is 5.62. The van der Waals surface area contributed by atoms with Crippen LogP contribution in [0.4, 0.5) is 22.0 Å². The summed E-state index contributed by atoms with van der Waals surface area (Å²) in [7, 11) is 0. The Morgan fingerprint density at radius 1 is 0.950 bits per heavy atom. The van der Waals surface area contributed by atoms with Gasteiger partial charge in [0.2, 0.25) is 5.82 Å². The summed E-state index contributed by atoms with van der Waals surface area (Å²) in [6, 6.07) is 4.30. The molecule has 0 saturated carbocycles. The van der Waals surface area contributed by atoms with Crippen LogP contribution < -0.4 is 0 Å². The minimum atomic E-state index is -2.23. The Kier molecular flexibility index (Phi) is 3.66. The van der Waals surface area contributed by atoms with Gasteiger partial charge in [0, 0.05) is 6.20 Å². The van der Waals surface area contributed by atoms with Crippen molar-refractivity contribution in [1.82, 2.24) is 4.98 Å². The molecule has 0 atom stereocenters. The fourth-order valence-corrected chi connectivity index (χ4v) is 1.64. The van der Waals surface area contributed by atoms with E-state index < -0.39 is 40.3 Å². The lowest BCUT2D eigenvalue weighted by Gasteiger charge is -2.08. The number of hydrogen-bond acceptors (Lipinski definition) is 2. The van der Waals surface area contributed by atoms with Crippen molar-refractivity contribution in [2.45, 2.75) is 6.42 Å². The van der Waals surface area contributed by atoms with E-state index in [4.69, 9.17) is 5.26 Å². The van der Waals surface area contributed by atoms with Crippen molar-refractivity contribution in [1.29, 1.82) is 5.26 Å². The van der Waals surface area contributed by atoms with Gasteiger partial charge >= 0.3 is 0 Å². The van der Waals surface area contributed by atoms with Crippen LogP contribution in [0.3, 0.4) is 0 Å². The minimum absolute atomic E-state index is 0.0785. The van der Waals surface area contributed by atoms with Gasteiger partial charge in [0.15, 0.2) is 23.3 Å². The molecule has 0 amide bonds. The number of rotatable bonds is 2. The first kappa shape index (κ1) is 13.9. The van der Waals surface area contributed by atoms with E-state index >= 15 is 0 Å². The molecule has 7 heteroatoms. The number of nitriles is 1. The Morgan fingerprint density at radius 2 is 1.50 bits per heavy atom. The normalized spacial score (nSPS) is 10.4. The van der Waals surface area contributed by atoms with Gasteiger partial charge in [-0.1, -0.05) is 0 Å². The van der Waals surface area contributed by atoms with E-state index in [0.29, 0.717) is 5.56 Å². The van der Waals surface area contributed by atoms with Crippen LogP contribution in [0.25, 0.3) is 11.3 Å². The Bertz CT molecular complexity index is 692. The molecule has 0 aliphatic heterocycles. The topological polar surface area (TPSA) is 36.7 Å². The predicted molar refractivity (Wildman–Crippen MR) is 58.8 cm³/mol. The Labute approximate surface area is 110 Å². The van der Waals surface area contributed by atoms with Crippen molar-refractivity contribution in [2.24, 2.45) is 0 Å². The average molecular weight is 284 g/mol. The molecule has 0 radical (unpaired) electrons. The van der Waals surface area contributed by atoms with Gasteiger partial charge in [-0.3, -0.25) is 4.98 Å². The molecule has 1 aromatic heterocycles. The monoisotopic (exact) mass is 284 g/mol. The molecule has 0 unspecified atom stereocenters. The molecule has 0 bridgehead atoms. The van der Waals surface area contributed by atoms with Crippen molar-refractivity contribution >= 4 is 0 Å². The van der Waals surface area contributed by atoms with Gasteiger partial charge in [-0.05, 0) is 17.7 Å². The molecule has 0 fully saturated rings. The zero-order valence-electron chi connectivity index (χ0n) is 9.72. The van der Waals surface area contributed by atoms with E-state index in [-0.39, 0.29) is 6.42 Å². The fraction of sp³-hybridized carbons (Fsp3) is 0.0769. The molecule has 1 aromatic carbocycles. The number of aromatic nitrogens is 1. The summed E-state index contributed by atoms with van der Waals surface area (Å²) in [5, 5.41) is 8.53. The van der Waals surface area contributed by atoms with Gasteiger partial charge < -0.3 is 0 Å². The van der Waals surface area contributed by atoms with Crippen LogP contribution in [0, 0.1) is 40.4 Å². The van der Waals surface area contributed by atoms with E-state index in [2.05, 4.69) is 4.98 Å². The molecule has 0 aliphatic rings. The van der Waals surface area contributed by atoms with Crippen molar-refractivity contribution in [3.63, 3.8) is 0 Å². The Balaban J connectivity index is 2.70. The third-order valence-corrected chi connectivity index (χ3v) is 2.57. The van der Waals surface area contributed by atoms with Crippen LogP contribution in [0.2, 0.25) is 0 Å². The zero-order chi connectivity index (χ0) is 14.9. The first-order chi connectivity index (χ1) is 9.47. The van der Waals surface area contributed by atoms with Crippen molar-refractivity contribution in [2.75, 3.05) is 0 Å². The third kappa shape index (κ3) is 2.20. The maximum absolute atomic E-state index is 13.6. The second kappa shape index (κ2) is 5.25. The lowest BCUT2D eigenvalue weighted by atomic mass is 10.1. The van der Waals surface area contributed by atoms with Gasteiger partial charge in [-0.25, -0.2) is 22.0 Å². The predicted octanol–water partition coefficient (Wildman–Crippen LogP) is 3.51. The van der Waals surface area contributed by atoms with E-state index in [1.54, 1.807) is 6.07 Å². The number of nitrogens with zero attached hydrogens (tertiary/aromatic N) is 2. The summed E-state index contributed by atoms with van der Waals surface area (Å²) in [4.78, 5) is 3.58. The quantitative estimate of drug-likeness (QED) is 0.480. The Morgan fingerprint density at radius 3 is 2.05 bits per heavy atom. The van der Waals surface area contributed by atoms with Crippen molar-refractivity contribution in [3.05, 3.63) is 53.0 Å². The molecule has 0 aliphatic carbocycles. The molecule has 102 valence electrons. The van der Waals surface area contributed by atoms with E-state index in [0.717, 1.165) is 12.3 Å². The highest BCUT2D eigenvalue weighted by Gasteiger charge is 2.27. The fourth-order valence-electron chi connectivity index (χ4n) is 1.64. The van der Waals surface area contributed by atoms with Crippen LogP contribution in [-0.2, 0) is 6.42 Å².